The molecule has 0 saturated carbocycles. The lowest BCUT2D eigenvalue weighted by Gasteiger charge is -2.41. The van der Waals surface area contributed by atoms with Crippen LogP contribution in [0.2, 0.25) is 10.0 Å². The van der Waals surface area contributed by atoms with Gasteiger partial charge in [0.05, 0.1) is 23.7 Å². The SMILES string of the molecule is Cc1cn(-c2ccc3n(c2=O)CCN(C[C@]2(C)CCOc4c(Cl)cc(Cl)cc42)C3=O)cn1. The molecule has 0 spiro atoms. The first-order valence-electron chi connectivity index (χ1n) is 10.4. The molecule has 3 aromatic rings. The van der Waals surface area contributed by atoms with Gasteiger partial charge in [-0.3, -0.25) is 9.59 Å². The number of amides is 1. The van der Waals surface area contributed by atoms with Gasteiger partial charge < -0.3 is 18.8 Å². The van der Waals surface area contributed by atoms with Crippen LogP contribution in [0, 0.1) is 6.92 Å². The predicted molar refractivity (Wildman–Crippen MR) is 122 cm³/mol. The molecular weight excluding hydrogens is 451 g/mol. The van der Waals surface area contributed by atoms with E-state index in [1.165, 1.54) is 0 Å². The Hall–Kier alpha value is -2.77. The first-order valence-corrected chi connectivity index (χ1v) is 11.2. The van der Waals surface area contributed by atoms with E-state index in [9.17, 15) is 9.59 Å². The molecule has 0 radical (unpaired) electrons. The van der Waals surface area contributed by atoms with Gasteiger partial charge in [0.25, 0.3) is 11.5 Å². The number of aryl methyl sites for hydroxylation is 1. The van der Waals surface area contributed by atoms with E-state index in [1.807, 2.05) is 13.0 Å². The summed E-state index contributed by atoms with van der Waals surface area (Å²) in [5, 5.41) is 1.01. The summed E-state index contributed by atoms with van der Waals surface area (Å²) in [6, 6.07) is 6.94. The van der Waals surface area contributed by atoms with E-state index in [2.05, 4.69) is 11.9 Å². The van der Waals surface area contributed by atoms with E-state index in [0.29, 0.717) is 53.4 Å². The van der Waals surface area contributed by atoms with Gasteiger partial charge in [-0.15, -0.1) is 0 Å². The Labute approximate surface area is 195 Å². The van der Waals surface area contributed by atoms with Crippen molar-refractivity contribution in [3.8, 4) is 11.4 Å². The van der Waals surface area contributed by atoms with Crippen molar-refractivity contribution in [2.75, 3.05) is 19.7 Å². The molecule has 1 amide bonds. The molecule has 4 heterocycles. The molecule has 2 aliphatic heterocycles. The Kier molecular flexibility index (Phi) is 5.06. The second kappa shape index (κ2) is 7.67. The quantitative estimate of drug-likeness (QED) is 0.580. The number of nitrogens with zero attached hydrogens (tertiary/aromatic N) is 4. The van der Waals surface area contributed by atoms with Crippen LogP contribution in [-0.4, -0.2) is 44.6 Å². The monoisotopic (exact) mass is 472 g/mol. The number of rotatable bonds is 3. The minimum atomic E-state index is -0.367. The van der Waals surface area contributed by atoms with Crippen molar-refractivity contribution in [2.45, 2.75) is 32.2 Å². The molecule has 9 heteroatoms. The van der Waals surface area contributed by atoms with Gasteiger partial charge >= 0.3 is 0 Å². The first-order chi connectivity index (χ1) is 15.3. The van der Waals surface area contributed by atoms with E-state index >= 15 is 0 Å². The molecule has 0 unspecified atom stereocenters. The van der Waals surface area contributed by atoms with Gasteiger partial charge in [0.15, 0.2) is 0 Å². The van der Waals surface area contributed by atoms with Gasteiger partial charge in [-0.1, -0.05) is 30.1 Å². The highest BCUT2D eigenvalue weighted by molar-refractivity contribution is 6.35. The lowest BCUT2D eigenvalue weighted by Crippen LogP contribution is -2.50. The van der Waals surface area contributed by atoms with E-state index in [-0.39, 0.29) is 16.9 Å². The summed E-state index contributed by atoms with van der Waals surface area (Å²) < 4.78 is 9.05. The highest BCUT2D eigenvalue weighted by Gasteiger charge is 2.39. The second-order valence-corrected chi connectivity index (χ2v) is 9.48. The molecule has 7 nitrogen and oxygen atoms in total. The topological polar surface area (TPSA) is 69.4 Å². The summed E-state index contributed by atoms with van der Waals surface area (Å²) in [7, 11) is 0. The zero-order valence-electron chi connectivity index (χ0n) is 17.8. The van der Waals surface area contributed by atoms with Gasteiger partial charge in [0, 0.05) is 41.8 Å². The van der Waals surface area contributed by atoms with Crippen molar-refractivity contribution in [1.82, 2.24) is 19.0 Å². The highest BCUT2D eigenvalue weighted by atomic mass is 35.5. The van der Waals surface area contributed by atoms with Gasteiger partial charge in [0.1, 0.15) is 17.1 Å². The predicted octanol–water partition coefficient (Wildman–Crippen LogP) is 3.85. The number of imidazole rings is 1. The van der Waals surface area contributed by atoms with Crippen LogP contribution in [-0.2, 0) is 12.0 Å². The molecule has 0 bridgehead atoms. The molecular formula is C23H22Cl2N4O3. The fourth-order valence-electron chi connectivity index (χ4n) is 4.61. The van der Waals surface area contributed by atoms with E-state index in [0.717, 1.165) is 17.7 Å². The van der Waals surface area contributed by atoms with Crippen LogP contribution < -0.4 is 10.3 Å². The van der Waals surface area contributed by atoms with E-state index in [4.69, 9.17) is 27.9 Å². The molecule has 5 rings (SSSR count). The fraction of sp³-hybridized carbons (Fsp3) is 0.348. The lowest BCUT2D eigenvalue weighted by molar-refractivity contribution is 0.0631. The average molecular weight is 473 g/mol. The number of pyridine rings is 1. The minimum Gasteiger partial charge on any atom is -0.492 e. The summed E-state index contributed by atoms with van der Waals surface area (Å²) in [5.41, 5.74) is 2.03. The van der Waals surface area contributed by atoms with Gasteiger partial charge in [-0.25, -0.2) is 4.98 Å². The van der Waals surface area contributed by atoms with Crippen molar-refractivity contribution in [3.05, 3.63) is 74.1 Å². The van der Waals surface area contributed by atoms with Crippen LogP contribution in [0.5, 0.6) is 5.75 Å². The summed E-state index contributed by atoms with van der Waals surface area (Å²) in [6.45, 7) is 5.82. The van der Waals surface area contributed by atoms with Crippen LogP contribution in [0.4, 0.5) is 0 Å². The van der Waals surface area contributed by atoms with Crippen LogP contribution in [0.3, 0.4) is 0 Å². The summed E-state index contributed by atoms with van der Waals surface area (Å²) >= 11 is 12.6. The van der Waals surface area contributed by atoms with E-state index in [1.54, 1.807) is 44.8 Å². The Morgan fingerprint density at radius 2 is 2.00 bits per heavy atom. The van der Waals surface area contributed by atoms with Crippen LogP contribution in [0.25, 0.3) is 5.69 Å². The third kappa shape index (κ3) is 3.40. The second-order valence-electron chi connectivity index (χ2n) is 8.63. The fourth-order valence-corrected chi connectivity index (χ4v) is 5.16. The molecule has 0 saturated heterocycles. The van der Waals surface area contributed by atoms with Crippen molar-refractivity contribution in [2.24, 2.45) is 0 Å². The molecule has 1 atom stereocenters. The maximum absolute atomic E-state index is 13.3. The Bertz CT molecular complexity index is 1300. The molecule has 2 aliphatic rings. The third-order valence-electron chi connectivity index (χ3n) is 6.34. The summed E-state index contributed by atoms with van der Waals surface area (Å²) in [4.78, 5) is 32.4. The first kappa shape index (κ1) is 21.1. The highest BCUT2D eigenvalue weighted by Crippen LogP contribution is 2.44. The molecule has 0 N–H and O–H groups in total. The number of fused-ring (bicyclic) bond motifs is 2. The maximum Gasteiger partial charge on any atom is 0.275 e. The van der Waals surface area contributed by atoms with E-state index < -0.39 is 0 Å². The van der Waals surface area contributed by atoms with Crippen LogP contribution in [0.1, 0.15) is 35.1 Å². The van der Waals surface area contributed by atoms with Crippen molar-refractivity contribution in [3.63, 3.8) is 0 Å². The number of benzene rings is 1. The lowest BCUT2D eigenvalue weighted by atomic mass is 9.77. The minimum absolute atomic E-state index is 0.163. The number of carbonyl (C=O) groups is 1. The molecule has 1 aromatic carbocycles. The summed E-state index contributed by atoms with van der Waals surface area (Å²) in [5.74, 6) is 0.468. The zero-order chi connectivity index (χ0) is 22.6. The standard InChI is InChI=1S/C23H22Cl2N4O3/c1-14-11-28(13-26-14)18-3-4-19-21(30)27(6-7-29(19)22(18)31)12-23(2)5-8-32-20-16(23)9-15(24)10-17(20)25/h3-4,9-11,13H,5-8,12H2,1-2H3/t23-/m0/s1. The normalized spacial score (nSPS) is 20.0. The smallest absolute Gasteiger partial charge is 0.275 e. The molecule has 32 heavy (non-hydrogen) atoms. The van der Waals surface area contributed by atoms with Gasteiger partial charge in [-0.05, 0) is 37.6 Å². The number of halogens is 2. The Balaban J connectivity index is 1.47. The number of aromatic nitrogens is 3. The number of ether oxygens (including phenoxy) is 1. The van der Waals surface area contributed by atoms with Gasteiger partial charge in [-0.2, -0.15) is 0 Å². The van der Waals surface area contributed by atoms with Crippen molar-refractivity contribution < 1.29 is 9.53 Å². The molecule has 2 aromatic heterocycles. The number of carbonyl (C=O) groups excluding carboxylic acids is 1. The van der Waals surface area contributed by atoms with Crippen LogP contribution in [0.15, 0.2) is 41.6 Å². The average Bonchev–Trinajstić information content (AvgIpc) is 3.17. The third-order valence-corrected chi connectivity index (χ3v) is 6.84. The summed E-state index contributed by atoms with van der Waals surface area (Å²) in [6.07, 6.45) is 4.13. The molecule has 0 aliphatic carbocycles. The van der Waals surface area contributed by atoms with Crippen LogP contribution >= 0.6 is 23.2 Å². The van der Waals surface area contributed by atoms with Gasteiger partial charge in [0.2, 0.25) is 0 Å². The zero-order valence-corrected chi connectivity index (χ0v) is 19.3. The Morgan fingerprint density at radius 1 is 1.19 bits per heavy atom. The van der Waals surface area contributed by atoms with Crippen molar-refractivity contribution >= 4 is 29.1 Å². The largest absolute Gasteiger partial charge is 0.492 e. The number of hydrogen-bond donors (Lipinski definition) is 0. The molecule has 166 valence electrons. The maximum atomic E-state index is 13.3. The number of hydrogen-bond acceptors (Lipinski definition) is 4. The van der Waals surface area contributed by atoms with Crippen molar-refractivity contribution in [1.29, 1.82) is 0 Å². The Morgan fingerprint density at radius 3 is 2.75 bits per heavy atom. The molecule has 0 fully saturated rings.